The maximum atomic E-state index is 15.6. The zero-order chi connectivity index (χ0) is 63.7. The number of hydrogen-bond donors (Lipinski definition) is 8. The Bertz CT molecular complexity index is 3570. The second-order valence-electron chi connectivity index (χ2n) is 29.9. The first kappa shape index (κ1) is 64.6. The van der Waals surface area contributed by atoms with Crippen LogP contribution in [0, 0.1) is 75.9 Å². The fourth-order valence-corrected chi connectivity index (χ4v) is 18.9. The monoisotopic (exact) mass is 1240 g/mol. The van der Waals surface area contributed by atoms with Crippen molar-refractivity contribution in [2.75, 3.05) is 39.3 Å². The van der Waals surface area contributed by atoms with Gasteiger partial charge in [-0.2, -0.15) is 0 Å². The number of aliphatic hydroxyl groups is 2. The third-order valence-corrected chi connectivity index (χ3v) is 23.2. The number of benzene rings is 4. The molecule has 2 saturated carbocycles. The predicted octanol–water partition coefficient (Wildman–Crippen LogP) is 13.1. The Hall–Kier alpha value is -6.14. The molecule has 14 bridgehead atoms. The topological polar surface area (TPSA) is 173 Å². The maximum Gasteiger partial charge on any atom is 0.340 e. The minimum atomic E-state index is -1.11. The number of rotatable bonds is 15. The molecule has 0 aromatic heterocycles. The molecule has 8 N–H and O–H groups in total. The van der Waals surface area contributed by atoms with Crippen molar-refractivity contribution < 1.29 is 34.4 Å². The Balaban J connectivity index is 0.990. The normalized spacial score (nSPS) is 32.4. The van der Waals surface area contributed by atoms with Gasteiger partial charge in [-0.05, 0) is 263 Å². The van der Waals surface area contributed by atoms with E-state index in [9.17, 15) is 15.3 Å². The van der Waals surface area contributed by atoms with Crippen LogP contribution in [0.25, 0.3) is 16.7 Å². The third kappa shape index (κ3) is 13.1. The number of allylic oxidation sites excluding steroid dienone is 5. The fourth-order valence-electron chi connectivity index (χ4n) is 18.9. The van der Waals surface area contributed by atoms with Crippen LogP contribution in [0.3, 0.4) is 0 Å². The molecule has 0 unspecified atom stereocenters. The van der Waals surface area contributed by atoms with Crippen molar-refractivity contribution in [3.05, 3.63) is 165 Å². The van der Waals surface area contributed by atoms with Crippen LogP contribution in [-0.2, 0) is 45.0 Å². The molecule has 0 amide bonds. The molecule has 1 spiro atoms. The lowest BCUT2D eigenvalue weighted by atomic mass is 9.44. The molecule has 4 aromatic rings. The van der Waals surface area contributed by atoms with Gasteiger partial charge in [-0.1, -0.05) is 112 Å². The number of carbonyl (C=O) groups excluding carboxylic acids is 2. The lowest BCUT2D eigenvalue weighted by Crippen LogP contribution is -2.52. The number of cyclic esters (lactones) is 1. The van der Waals surface area contributed by atoms with E-state index in [0.29, 0.717) is 67.7 Å². The summed E-state index contributed by atoms with van der Waals surface area (Å²) in [5, 5.41) is 54.6. The molecule has 488 valence electrons. The van der Waals surface area contributed by atoms with Crippen LogP contribution >= 0.6 is 0 Å². The SMILES string of the molecule is CCCNCc1cc2cc(c1)[C@@H]1NC[C@@](C)(O)CC#C[C@H](CO)C[C@@H]3C[C@@]([C@@H]4CCN[C@H](NCCCC(C)C)C4)(C/C=C4\OC(=O)C5=C4CC[C@H]4[C@H]6CC[C@]7(C(=C6c6cc(O)ccc6-c6cccc(c6)CNCC2)C(=O)O/C7=C\[C@H](CC)Cc2ccccc2)[C@@H]54)C[C@H]31. The van der Waals surface area contributed by atoms with Crippen molar-refractivity contribution in [2.24, 2.45) is 64.1 Å². The predicted molar refractivity (Wildman–Crippen MR) is 364 cm³/mol. The first-order valence-electron chi connectivity index (χ1n) is 35.5. The highest BCUT2D eigenvalue weighted by molar-refractivity contribution is 6.07. The Morgan fingerprint density at radius 1 is 0.837 bits per heavy atom. The summed E-state index contributed by atoms with van der Waals surface area (Å²) in [5.41, 5.74) is 9.94. The molecular weight excluding hydrogens is 1140 g/mol. The van der Waals surface area contributed by atoms with Gasteiger partial charge in [-0.15, -0.1) is 0 Å². The van der Waals surface area contributed by atoms with Gasteiger partial charge in [0.1, 0.15) is 17.3 Å². The number of β-amino-alcohol motifs (C(OH)–C–C–N with tert-alkyl or cyclic N) is 1. The minimum Gasteiger partial charge on any atom is -0.508 e. The first-order chi connectivity index (χ1) is 44.7. The van der Waals surface area contributed by atoms with Gasteiger partial charge >= 0.3 is 11.9 Å². The Kier molecular flexibility index (Phi) is 19.4. The number of piperidine rings is 1. The number of phenols is 1. The number of nitrogens with one attached hydrogen (secondary N) is 5. The summed E-state index contributed by atoms with van der Waals surface area (Å²) in [6.45, 7) is 16.1. The highest BCUT2D eigenvalue weighted by Crippen LogP contribution is 2.72. The van der Waals surface area contributed by atoms with E-state index in [4.69, 9.17) is 9.47 Å². The van der Waals surface area contributed by atoms with E-state index < -0.39 is 11.0 Å². The average molecular weight is 1240 g/mol. The van der Waals surface area contributed by atoms with E-state index in [2.05, 4.69) is 145 Å². The largest absolute Gasteiger partial charge is 0.508 e. The zero-order valence-electron chi connectivity index (χ0n) is 55.3. The van der Waals surface area contributed by atoms with Crippen LogP contribution in [-0.4, -0.2) is 78.4 Å². The summed E-state index contributed by atoms with van der Waals surface area (Å²) in [4.78, 5) is 31.1. The molecular formula is C80H101N5O7. The maximum absolute atomic E-state index is 15.6. The second-order valence-corrected chi connectivity index (χ2v) is 29.9. The van der Waals surface area contributed by atoms with Crippen molar-refractivity contribution in [3.8, 4) is 28.7 Å². The van der Waals surface area contributed by atoms with Gasteiger partial charge in [0.25, 0.3) is 0 Å². The van der Waals surface area contributed by atoms with Crippen molar-refractivity contribution in [2.45, 2.75) is 175 Å². The number of phenolic OH excluding ortho intramolecular Hbond substituents is 1. The lowest BCUT2D eigenvalue weighted by Gasteiger charge is -2.56. The number of fused-ring (bicyclic) bond motifs is 5. The van der Waals surface area contributed by atoms with Gasteiger partial charge in [0.05, 0.1) is 29.4 Å². The third-order valence-electron chi connectivity index (χ3n) is 23.2. The van der Waals surface area contributed by atoms with Crippen LogP contribution in [0.4, 0.5) is 0 Å². The Morgan fingerprint density at radius 2 is 1.71 bits per heavy atom. The van der Waals surface area contributed by atoms with Crippen molar-refractivity contribution in [1.29, 1.82) is 0 Å². The van der Waals surface area contributed by atoms with E-state index in [1.165, 1.54) is 28.7 Å². The first-order valence-corrected chi connectivity index (χ1v) is 35.5. The van der Waals surface area contributed by atoms with Crippen molar-refractivity contribution in [1.82, 2.24) is 26.6 Å². The lowest BCUT2D eigenvalue weighted by molar-refractivity contribution is -0.135. The van der Waals surface area contributed by atoms with Crippen LogP contribution in [0.15, 0.2) is 131 Å². The van der Waals surface area contributed by atoms with Crippen LogP contribution in [0.1, 0.15) is 170 Å². The summed E-state index contributed by atoms with van der Waals surface area (Å²) >= 11 is 0. The Labute approximate surface area is 547 Å². The molecule has 0 radical (unpaired) electrons. The second kappa shape index (κ2) is 27.7. The summed E-state index contributed by atoms with van der Waals surface area (Å²) in [6.07, 6.45) is 19.0. The molecule has 15 rings (SSSR count). The van der Waals surface area contributed by atoms with Crippen LogP contribution < -0.4 is 26.6 Å². The standard InChI is InChI=1S/C80H101N5O7/c1-6-31-81-47-56-36-53-26-33-82-46-54-17-11-19-57(38-54)62-21-20-61(87)43-66(62)71-63-24-30-80(69(92-77(89)74(71)80)41-51(7-2)35-52-15-9-8-10-16-52)73-64(63)22-23-65-68(91-76(88)72(65)73)25-29-79(60-27-34-84-70(42-60)83-32-13-14-50(3)4)44-59-39-55(48-86)18-12-28-78(5,90)49-85-75(67(59)45-79)58(37-53)40-56/h8-11,15-17,19-21,25,36-38,40-41,43,50-51,55,59-60,63-64,67,70,73,75,81-87,90H,6-7,13-14,22-24,26-35,39,42,44-49H2,1-5H3/b68-25-,69-41-/t51-,55+,59-,60-,63-,64+,67-,70+,73-,75+,78+,79+,80-/m1/s1. The van der Waals surface area contributed by atoms with Gasteiger partial charge < -0.3 is 51.4 Å². The summed E-state index contributed by atoms with van der Waals surface area (Å²) in [6, 6.07) is 32.0. The van der Waals surface area contributed by atoms with Gasteiger partial charge in [0.2, 0.25) is 0 Å². The van der Waals surface area contributed by atoms with Crippen molar-refractivity contribution in [3.63, 3.8) is 0 Å². The number of hydrogen-bond acceptors (Lipinski definition) is 12. The van der Waals surface area contributed by atoms with Gasteiger partial charge in [0, 0.05) is 55.1 Å². The average Bonchev–Trinajstić information content (AvgIpc) is 1.39. The molecule has 4 fully saturated rings. The molecule has 5 aliphatic carbocycles. The molecule has 4 aromatic carbocycles. The highest BCUT2D eigenvalue weighted by Gasteiger charge is 2.69. The molecule has 11 aliphatic rings. The van der Waals surface area contributed by atoms with E-state index in [1.54, 1.807) is 6.07 Å². The zero-order valence-corrected chi connectivity index (χ0v) is 55.3. The summed E-state index contributed by atoms with van der Waals surface area (Å²) in [5.74, 6) is 8.33. The van der Waals surface area contributed by atoms with E-state index >= 15 is 9.59 Å². The molecule has 92 heavy (non-hydrogen) atoms. The summed E-state index contributed by atoms with van der Waals surface area (Å²) in [7, 11) is 0. The van der Waals surface area contributed by atoms with Crippen LogP contribution in [0.2, 0.25) is 0 Å². The van der Waals surface area contributed by atoms with Crippen molar-refractivity contribution >= 4 is 17.5 Å². The number of aromatic hydroxyl groups is 1. The molecule has 12 heteroatoms. The molecule has 12 nitrogen and oxygen atoms in total. The van der Waals surface area contributed by atoms with Gasteiger partial charge in [-0.25, -0.2) is 9.59 Å². The smallest absolute Gasteiger partial charge is 0.340 e. The molecule has 2 saturated heterocycles. The van der Waals surface area contributed by atoms with E-state index in [1.807, 2.05) is 25.1 Å². The number of carbonyl (C=O) groups is 2. The van der Waals surface area contributed by atoms with E-state index in [-0.39, 0.29) is 83.3 Å². The van der Waals surface area contributed by atoms with Crippen LogP contribution in [0.5, 0.6) is 5.75 Å². The van der Waals surface area contributed by atoms with E-state index in [0.717, 1.165) is 149 Å². The Morgan fingerprint density at radius 3 is 2.53 bits per heavy atom. The fraction of sp³-hybridized carbons (Fsp3) is 0.550. The minimum absolute atomic E-state index is 0.00306. The number of aliphatic hydroxyl groups excluding tert-OH is 1. The number of ether oxygens (including phenoxy) is 2. The molecule has 13 atom stereocenters. The summed E-state index contributed by atoms with van der Waals surface area (Å²) < 4.78 is 13.7. The van der Waals surface area contributed by atoms with Gasteiger partial charge in [-0.3, -0.25) is 0 Å². The van der Waals surface area contributed by atoms with Gasteiger partial charge in [0.15, 0.2) is 0 Å². The number of esters is 2. The highest BCUT2D eigenvalue weighted by atomic mass is 16.6. The quantitative estimate of drug-likeness (QED) is 0.0322. The molecule has 6 heterocycles. The molecule has 6 aliphatic heterocycles.